The van der Waals surface area contributed by atoms with Crippen molar-refractivity contribution in [2.24, 2.45) is 5.10 Å². The van der Waals surface area contributed by atoms with Crippen LogP contribution in [-0.4, -0.2) is 22.2 Å². The van der Waals surface area contributed by atoms with Crippen molar-refractivity contribution in [3.63, 3.8) is 0 Å². The molecule has 6 nitrogen and oxygen atoms in total. The average molecular weight is 414 g/mol. The number of aromatic hydroxyl groups is 1. The molecule has 148 valence electrons. The average Bonchev–Trinajstić information content (AvgIpc) is 3.24. The van der Waals surface area contributed by atoms with Gasteiger partial charge in [0.1, 0.15) is 5.75 Å². The van der Waals surface area contributed by atoms with Gasteiger partial charge in [-0.3, -0.25) is 4.79 Å². The molecule has 0 saturated carbocycles. The zero-order valence-corrected chi connectivity index (χ0v) is 16.6. The number of thiazole rings is 1. The van der Waals surface area contributed by atoms with Gasteiger partial charge in [-0.05, 0) is 36.4 Å². The molecule has 1 aromatic heterocycles. The van der Waals surface area contributed by atoms with Crippen LogP contribution in [0, 0.1) is 0 Å². The standard InChI is InChI=1S/C23H18N4O2S/c28-21-9-5-4-6-18(21)14-24-27-22(29)17-12-10-16(11-13-17)20-15-30-23(26-20)25-19-7-2-1-3-8-19/h1-15,28H,(H,25,26)(H,27,29)/b24-14-. The van der Waals surface area contributed by atoms with Crippen LogP contribution in [-0.2, 0) is 0 Å². The summed E-state index contributed by atoms with van der Waals surface area (Å²) in [5.41, 5.74) is 6.20. The number of nitrogens with zero attached hydrogens (tertiary/aromatic N) is 2. The van der Waals surface area contributed by atoms with E-state index in [0.717, 1.165) is 22.1 Å². The lowest BCUT2D eigenvalue weighted by atomic mass is 10.1. The van der Waals surface area contributed by atoms with Gasteiger partial charge in [-0.15, -0.1) is 11.3 Å². The minimum Gasteiger partial charge on any atom is -0.507 e. The molecule has 0 saturated heterocycles. The minimum absolute atomic E-state index is 0.101. The molecule has 0 unspecified atom stereocenters. The fraction of sp³-hybridized carbons (Fsp3) is 0. The highest BCUT2D eigenvalue weighted by atomic mass is 32.1. The van der Waals surface area contributed by atoms with Gasteiger partial charge in [-0.1, -0.05) is 42.5 Å². The van der Waals surface area contributed by atoms with Gasteiger partial charge in [-0.2, -0.15) is 5.10 Å². The number of benzene rings is 3. The number of anilines is 2. The number of carbonyl (C=O) groups excluding carboxylic acids is 1. The summed E-state index contributed by atoms with van der Waals surface area (Å²) < 4.78 is 0. The SMILES string of the molecule is O=C(N/N=C\c1ccccc1O)c1ccc(-c2csc(Nc3ccccc3)n2)cc1. The normalized spacial score (nSPS) is 10.8. The Morgan fingerprint density at radius 1 is 0.967 bits per heavy atom. The van der Waals surface area contributed by atoms with Crippen molar-refractivity contribution >= 4 is 34.3 Å². The van der Waals surface area contributed by atoms with Crippen LogP contribution in [0.1, 0.15) is 15.9 Å². The molecule has 0 aliphatic rings. The van der Waals surface area contributed by atoms with Crippen molar-refractivity contribution in [1.82, 2.24) is 10.4 Å². The first-order chi connectivity index (χ1) is 14.7. The van der Waals surface area contributed by atoms with Crippen molar-refractivity contribution < 1.29 is 9.90 Å². The monoisotopic (exact) mass is 414 g/mol. The van der Waals surface area contributed by atoms with E-state index in [4.69, 9.17) is 0 Å². The predicted octanol–water partition coefficient (Wildman–Crippen LogP) is 5.02. The molecule has 1 heterocycles. The molecule has 3 N–H and O–H groups in total. The van der Waals surface area contributed by atoms with Crippen LogP contribution in [0.15, 0.2) is 89.3 Å². The van der Waals surface area contributed by atoms with Gasteiger partial charge in [0.15, 0.2) is 5.13 Å². The Bertz CT molecular complexity index is 1170. The summed E-state index contributed by atoms with van der Waals surface area (Å²) in [6, 6.07) is 23.8. The maximum atomic E-state index is 12.3. The van der Waals surface area contributed by atoms with E-state index >= 15 is 0 Å². The van der Waals surface area contributed by atoms with Gasteiger partial charge >= 0.3 is 0 Å². The van der Waals surface area contributed by atoms with E-state index in [1.807, 2.05) is 47.8 Å². The number of nitrogens with one attached hydrogen (secondary N) is 2. The van der Waals surface area contributed by atoms with Crippen molar-refractivity contribution in [2.45, 2.75) is 0 Å². The zero-order valence-electron chi connectivity index (χ0n) is 15.8. The van der Waals surface area contributed by atoms with Gasteiger partial charge in [-0.25, -0.2) is 10.4 Å². The molecule has 0 bridgehead atoms. The molecule has 0 radical (unpaired) electrons. The molecule has 7 heteroatoms. The number of para-hydroxylation sites is 2. The number of hydrogen-bond acceptors (Lipinski definition) is 6. The Morgan fingerprint density at radius 3 is 2.47 bits per heavy atom. The molecule has 3 aromatic carbocycles. The van der Waals surface area contributed by atoms with Gasteiger partial charge in [0, 0.05) is 27.8 Å². The zero-order chi connectivity index (χ0) is 20.8. The summed E-state index contributed by atoms with van der Waals surface area (Å²) in [5.74, 6) is -0.234. The minimum atomic E-state index is -0.335. The van der Waals surface area contributed by atoms with Crippen LogP contribution in [0.2, 0.25) is 0 Å². The van der Waals surface area contributed by atoms with E-state index in [1.54, 1.807) is 36.4 Å². The second-order valence-corrected chi connectivity index (χ2v) is 7.22. The van der Waals surface area contributed by atoms with Gasteiger partial charge < -0.3 is 10.4 Å². The highest BCUT2D eigenvalue weighted by molar-refractivity contribution is 7.14. The maximum absolute atomic E-state index is 12.3. The Labute approximate surface area is 177 Å². The lowest BCUT2D eigenvalue weighted by molar-refractivity contribution is 0.0955. The molecule has 30 heavy (non-hydrogen) atoms. The molecule has 0 atom stereocenters. The van der Waals surface area contributed by atoms with Gasteiger partial charge in [0.05, 0.1) is 11.9 Å². The third-order valence-corrected chi connectivity index (χ3v) is 5.04. The maximum Gasteiger partial charge on any atom is 0.271 e. The summed E-state index contributed by atoms with van der Waals surface area (Å²) in [5, 5.41) is 19.6. The summed E-state index contributed by atoms with van der Waals surface area (Å²) in [6.07, 6.45) is 1.40. The Morgan fingerprint density at radius 2 is 1.70 bits per heavy atom. The Balaban J connectivity index is 1.39. The second-order valence-electron chi connectivity index (χ2n) is 6.36. The lowest BCUT2D eigenvalue weighted by Crippen LogP contribution is -2.17. The first-order valence-corrected chi connectivity index (χ1v) is 10.1. The molecule has 0 aliphatic heterocycles. The number of carbonyl (C=O) groups is 1. The van der Waals surface area contributed by atoms with Crippen molar-refractivity contribution in [3.05, 3.63) is 95.4 Å². The fourth-order valence-electron chi connectivity index (χ4n) is 2.72. The van der Waals surface area contributed by atoms with Crippen LogP contribution >= 0.6 is 11.3 Å². The Kier molecular flexibility index (Phi) is 5.82. The summed E-state index contributed by atoms with van der Waals surface area (Å²) in [7, 11) is 0. The van der Waals surface area contributed by atoms with Crippen LogP contribution in [0.3, 0.4) is 0 Å². The van der Waals surface area contributed by atoms with Crippen LogP contribution in [0.5, 0.6) is 5.75 Å². The van der Waals surface area contributed by atoms with E-state index in [-0.39, 0.29) is 11.7 Å². The predicted molar refractivity (Wildman–Crippen MR) is 120 cm³/mol. The van der Waals surface area contributed by atoms with E-state index in [2.05, 4.69) is 20.8 Å². The Hall–Kier alpha value is -3.97. The van der Waals surface area contributed by atoms with Crippen molar-refractivity contribution in [3.8, 4) is 17.0 Å². The van der Waals surface area contributed by atoms with Crippen LogP contribution in [0.4, 0.5) is 10.8 Å². The van der Waals surface area contributed by atoms with E-state index < -0.39 is 0 Å². The van der Waals surface area contributed by atoms with E-state index in [9.17, 15) is 9.90 Å². The third kappa shape index (κ3) is 4.71. The largest absolute Gasteiger partial charge is 0.507 e. The number of hydrazone groups is 1. The highest BCUT2D eigenvalue weighted by Crippen LogP contribution is 2.27. The van der Waals surface area contributed by atoms with E-state index in [0.29, 0.717) is 11.1 Å². The molecule has 0 spiro atoms. The molecule has 1 amide bonds. The molecule has 0 fully saturated rings. The van der Waals surface area contributed by atoms with Gasteiger partial charge in [0.2, 0.25) is 0 Å². The molecule has 0 aliphatic carbocycles. The molecular weight excluding hydrogens is 396 g/mol. The number of phenols is 1. The van der Waals surface area contributed by atoms with Crippen molar-refractivity contribution in [2.75, 3.05) is 5.32 Å². The number of amides is 1. The number of rotatable bonds is 6. The number of aromatic nitrogens is 1. The smallest absolute Gasteiger partial charge is 0.271 e. The molecular formula is C23H18N4O2S. The summed E-state index contributed by atoms with van der Waals surface area (Å²) >= 11 is 1.52. The van der Waals surface area contributed by atoms with Crippen molar-refractivity contribution in [1.29, 1.82) is 0 Å². The first-order valence-electron chi connectivity index (χ1n) is 9.18. The number of hydrogen-bond donors (Lipinski definition) is 3. The second kappa shape index (κ2) is 9.02. The van der Waals surface area contributed by atoms with Crippen LogP contribution < -0.4 is 10.7 Å². The summed E-state index contributed by atoms with van der Waals surface area (Å²) in [6.45, 7) is 0. The summed E-state index contributed by atoms with van der Waals surface area (Å²) in [4.78, 5) is 16.9. The number of phenolic OH excluding ortho intramolecular Hbond substituents is 1. The van der Waals surface area contributed by atoms with E-state index in [1.165, 1.54) is 17.6 Å². The molecule has 4 rings (SSSR count). The topological polar surface area (TPSA) is 86.6 Å². The van der Waals surface area contributed by atoms with Crippen LogP contribution in [0.25, 0.3) is 11.3 Å². The van der Waals surface area contributed by atoms with Gasteiger partial charge in [0.25, 0.3) is 5.91 Å². The third-order valence-electron chi connectivity index (χ3n) is 4.28. The molecule has 4 aromatic rings. The highest BCUT2D eigenvalue weighted by Gasteiger charge is 2.08. The quantitative estimate of drug-likeness (QED) is 0.305. The first kappa shape index (κ1) is 19.4. The lowest BCUT2D eigenvalue weighted by Gasteiger charge is -2.03. The fourth-order valence-corrected chi connectivity index (χ4v) is 3.46.